The standard InChI is InChI=1S/C12H13N3O/c1-2-10(1)15-7-12-11(3-4-16-12)9-5-13-8-14-6-9/h3-6,8,10,15H,1-2,7H2. The first kappa shape index (κ1) is 9.54. The smallest absolute Gasteiger partial charge is 0.125 e. The largest absolute Gasteiger partial charge is 0.467 e. The fraction of sp³-hybridized carbons (Fsp3) is 0.333. The molecule has 2 aromatic rings. The Kier molecular flexibility index (Phi) is 2.42. The van der Waals surface area contributed by atoms with Crippen molar-refractivity contribution in [2.45, 2.75) is 25.4 Å². The molecule has 2 aromatic heterocycles. The summed E-state index contributed by atoms with van der Waals surface area (Å²) in [5.41, 5.74) is 2.08. The Bertz CT molecular complexity index is 462. The third-order valence-corrected chi connectivity index (χ3v) is 2.75. The quantitative estimate of drug-likeness (QED) is 0.847. The van der Waals surface area contributed by atoms with Gasteiger partial charge in [0, 0.05) is 29.6 Å². The van der Waals surface area contributed by atoms with Crippen LogP contribution in [0.25, 0.3) is 11.1 Å². The first-order chi connectivity index (χ1) is 7.93. The second-order valence-electron chi connectivity index (χ2n) is 4.04. The summed E-state index contributed by atoms with van der Waals surface area (Å²) >= 11 is 0. The predicted molar refractivity (Wildman–Crippen MR) is 59.6 cm³/mol. The highest BCUT2D eigenvalue weighted by Gasteiger charge is 2.21. The van der Waals surface area contributed by atoms with Gasteiger partial charge in [0.25, 0.3) is 0 Å². The van der Waals surface area contributed by atoms with Crippen molar-refractivity contribution >= 4 is 0 Å². The lowest BCUT2D eigenvalue weighted by Crippen LogP contribution is -2.15. The van der Waals surface area contributed by atoms with Crippen LogP contribution in [0.1, 0.15) is 18.6 Å². The Labute approximate surface area is 93.7 Å². The van der Waals surface area contributed by atoms with E-state index in [1.807, 2.05) is 6.07 Å². The van der Waals surface area contributed by atoms with Crippen molar-refractivity contribution in [3.8, 4) is 11.1 Å². The van der Waals surface area contributed by atoms with Crippen LogP contribution in [0.3, 0.4) is 0 Å². The fourth-order valence-electron chi connectivity index (χ4n) is 1.70. The van der Waals surface area contributed by atoms with E-state index in [1.54, 1.807) is 18.7 Å². The summed E-state index contributed by atoms with van der Waals surface area (Å²) in [7, 11) is 0. The summed E-state index contributed by atoms with van der Waals surface area (Å²) in [6, 6.07) is 2.65. The summed E-state index contributed by atoms with van der Waals surface area (Å²) in [5, 5.41) is 3.43. The molecule has 1 fully saturated rings. The molecule has 4 heteroatoms. The number of nitrogens with one attached hydrogen (secondary N) is 1. The van der Waals surface area contributed by atoms with Gasteiger partial charge in [-0.3, -0.25) is 0 Å². The molecule has 1 N–H and O–H groups in total. The molecule has 1 saturated carbocycles. The zero-order valence-corrected chi connectivity index (χ0v) is 8.89. The van der Waals surface area contributed by atoms with E-state index in [0.717, 1.165) is 23.4 Å². The van der Waals surface area contributed by atoms with Gasteiger partial charge in [-0.1, -0.05) is 0 Å². The van der Waals surface area contributed by atoms with Gasteiger partial charge in [0.2, 0.25) is 0 Å². The Morgan fingerprint density at radius 3 is 2.88 bits per heavy atom. The maximum atomic E-state index is 5.48. The molecule has 0 saturated heterocycles. The Hall–Kier alpha value is -1.68. The average molecular weight is 215 g/mol. The molecule has 16 heavy (non-hydrogen) atoms. The van der Waals surface area contributed by atoms with Gasteiger partial charge < -0.3 is 9.73 Å². The van der Waals surface area contributed by atoms with E-state index in [0.29, 0.717) is 6.04 Å². The van der Waals surface area contributed by atoms with Crippen LogP contribution in [-0.4, -0.2) is 16.0 Å². The molecule has 82 valence electrons. The minimum atomic E-state index is 0.685. The van der Waals surface area contributed by atoms with Crippen molar-refractivity contribution in [2.24, 2.45) is 0 Å². The van der Waals surface area contributed by atoms with Gasteiger partial charge in [0.05, 0.1) is 12.8 Å². The molecule has 0 bridgehead atoms. The van der Waals surface area contributed by atoms with E-state index in [9.17, 15) is 0 Å². The fourth-order valence-corrected chi connectivity index (χ4v) is 1.70. The number of hydrogen-bond acceptors (Lipinski definition) is 4. The van der Waals surface area contributed by atoms with Crippen LogP contribution in [0.4, 0.5) is 0 Å². The van der Waals surface area contributed by atoms with E-state index in [2.05, 4.69) is 15.3 Å². The molecule has 0 unspecified atom stereocenters. The first-order valence-corrected chi connectivity index (χ1v) is 5.48. The minimum absolute atomic E-state index is 0.685. The van der Waals surface area contributed by atoms with Crippen LogP contribution in [0.2, 0.25) is 0 Å². The maximum absolute atomic E-state index is 5.48. The van der Waals surface area contributed by atoms with E-state index >= 15 is 0 Å². The van der Waals surface area contributed by atoms with E-state index in [1.165, 1.54) is 19.2 Å². The number of nitrogens with zero attached hydrogens (tertiary/aromatic N) is 2. The van der Waals surface area contributed by atoms with Gasteiger partial charge in [-0.05, 0) is 18.9 Å². The molecule has 0 spiro atoms. The lowest BCUT2D eigenvalue weighted by molar-refractivity contribution is 0.483. The molecule has 1 aliphatic carbocycles. The van der Waals surface area contributed by atoms with Crippen molar-refractivity contribution in [1.29, 1.82) is 0 Å². The minimum Gasteiger partial charge on any atom is -0.467 e. The van der Waals surface area contributed by atoms with Gasteiger partial charge in [0.15, 0.2) is 0 Å². The summed E-state index contributed by atoms with van der Waals surface area (Å²) in [5.74, 6) is 0.960. The topological polar surface area (TPSA) is 51.0 Å². The summed E-state index contributed by atoms with van der Waals surface area (Å²) in [6.45, 7) is 0.780. The zero-order chi connectivity index (χ0) is 10.8. The molecular formula is C12H13N3O. The molecule has 0 aliphatic heterocycles. The molecule has 1 aliphatic rings. The Morgan fingerprint density at radius 2 is 2.12 bits per heavy atom. The van der Waals surface area contributed by atoms with E-state index in [4.69, 9.17) is 4.42 Å². The van der Waals surface area contributed by atoms with Crippen LogP contribution < -0.4 is 5.32 Å². The zero-order valence-electron chi connectivity index (χ0n) is 8.89. The molecule has 0 radical (unpaired) electrons. The normalized spacial score (nSPS) is 15.2. The first-order valence-electron chi connectivity index (χ1n) is 5.48. The Balaban J connectivity index is 1.81. The summed E-state index contributed by atoms with van der Waals surface area (Å²) in [4.78, 5) is 8.03. The maximum Gasteiger partial charge on any atom is 0.125 e. The van der Waals surface area contributed by atoms with E-state index < -0.39 is 0 Å². The third kappa shape index (κ3) is 1.97. The van der Waals surface area contributed by atoms with Crippen molar-refractivity contribution in [1.82, 2.24) is 15.3 Å². The number of hydrogen-bond donors (Lipinski definition) is 1. The lowest BCUT2D eigenvalue weighted by atomic mass is 10.1. The van der Waals surface area contributed by atoms with Crippen LogP contribution in [0.5, 0.6) is 0 Å². The highest BCUT2D eigenvalue weighted by Crippen LogP contribution is 2.25. The third-order valence-electron chi connectivity index (χ3n) is 2.75. The van der Waals surface area contributed by atoms with Crippen molar-refractivity contribution < 1.29 is 4.42 Å². The van der Waals surface area contributed by atoms with Crippen LogP contribution >= 0.6 is 0 Å². The number of rotatable bonds is 4. The predicted octanol–water partition coefficient (Wildman–Crippen LogP) is 1.99. The molecular weight excluding hydrogens is 202 g/mol. The van der Waals surface area contributed by atoms with Crippen LogP contribution in [-0.2, 0) is 6.54 Å². The number of aromatic nitrogens is 2. The second-order valence-corrected chi connectivity index (χ2v) is 4.04. The molecule has 0 atom stereocenters. The molecule has 4 nitrogen and oxygen atoms in total. The average Bonchev–Trinajstić information content (AvgIpc) is 3.05. The van der Waals surface area contributed by atoms with Gasteiger partial charge >= 0.3 is 0 Å². The van der Waals surface area contributed by atoms with Gasteiger partial charge in [0.1, 0.15) is 12.1 Å². The molecule has 3 rings (SSSR count). The highest BCUT2D eigenvalue weighted by atomic mass is 16.3. The monoisotopic (exact) mass is 215 g/mol. The van der Waals surface area contributed by atoms with Gasteiger partial charge in [-0.15, -0.1) is 0 Å². The van der Waals surface area contributed by atoms with Crippen LogP contribution in [0.15, 0.2) is 35.5 Å². The van der Waals surface area contributed by atoms with Gasteiger partial charge in [-0.25, -0.2) is 9.97 Å². The van der Waals surface area contributed by atoms with Crippen molar-refractivity contribution in [3.05, 3.63) is 36.8 Å². The molecule has 0 aromatic carbocycles. The lowest BCUT2D eigenvalue weighted by Gasteiger charge is -2.03. The van der Waals surface area contributed by atoms with Crippen LogP contribution in [0, 0.1) is 0 Å². The highest BCUT2D eigenvalue weighted by molar-refractivity contribution is 5.63. The molecule has 0 amide bonds. The second kappa shape index (κ2) is 4.06. The Morgan fingerprint density at radius 1 is 1.31 bits per heavy atom. The summed E-state index contributed by atoms with van der Waals surface area (Å²) in [6.07, 6.45) is 9.42. The van der Waals surface area contributed by atoms with Crippen molar-refractivity contribution in [2.75, 3.05) is 0 Å². The van der Waals surface area contributed by atoms with Gasteiger partial charge in [-0.2, -0.15) is 0 Å². The molecule has 2 heterocycles. The SMILES string of the molecule is c1ncc(-c2ccoc2CNC2CC2)cn1. The summed E-state index contributed by atoms with van der Waals surface area (Å²) < 4.78 is 5.48. The van der Waals surface area contributed by atoms with E-state index in [-0.39, 0.29) is 0 Å². The number of furan rings is 1. The van der Waals surface area contributed by atoms with Crippen molar-refractivity contribution in [3.63, 3.8) is 0 Å².